The van der Waals surface area contributed by atoms with Crippen LogP contribution in [0.15, 0.2) is 53.9 Å². The van der Waals surface area contributed by atoms with Crippen molar-refractivity contribution >= 4 is 23.4 Å². The number of esters is 1. The van der Waals surface area contributed by atoms with E-state index in [1.54, 1.807) is 31.5 Å². The lowest BCUT2D eigenvalue weighted by Gasteiger charge is -2.41. The minimum Gasteiger partial charge on any atom is -0.511 e. The van der Waals surface area contributed by atoms with Gasteiger partial charge in [-0.2, -0.15) is 0 Å². The molecule has 1 saturated carbocycles. The Balaban J connectivity index is 1.56. The van der Waals surface area contributed by atoms with Crippen LogP contribution in [0, 0.1) is 5.92 Å². The van der Waals surface area contributed by atoms with Crippen molar-refractivity contribution in [3.63, 3.8) is 0 Å². The Hall–Kier alpha value is -2.86. The fourth-order valence-corrected chi connectivity index (χ4v) is 5.32. The minimum absolute atomic E-state index is 0.0594. The molecule has 4 rings (SSSR count). The first-order valence-corrected chi connectivity index (χ1v) is 11.7. The lowest BCUT2D eigenvalue weighted by Crippen LogP contribution is -2.47. The number of aryl methyl sites for hydroxylation is 1. The van der Waals surface area contributed by atoms with Gasteiger partial charge in [-0.15, -0.1) is 0 Å². The third-order valence-electron chi connectivity index (χ3n) is 6.75. The molecule has 0 amide bonds. The molecule has 1 atom stereocenters. The molecular weight excluding hydrogens is 442 g/mol. The molecule has 6 nitrogen and oxygen atoms in total. The highest BCUT2D eigenvalue weighted by Crippen LogP contribution is 2.46. The molecule has 0 spiro atoms. The van der Waals surface area contributed by atoms with Gasteiger partial charge in [0.2, 0.25) is 0 Å². The second-order valence-corrected chi connectivity index (χ2v) is 9.23. The van der Waals surface area contributed by atoms with E-state index in [2.05, 4.69) is 4.98 Å². The summed E-state index contributed by atoms with van der Waals surface area (Å²) < 4.78 is 11.3. The van der Waals surface area contributed by atoms with E-state index in [4.69, 9.17) is 21.1 Å². The van der Waals surface area contributed by atoms with Crippen LogP contribution in [0.5, 0.6) is 5.75 Å². The number of ether oxygens (including phenoxy) is 2. The predicted octanol–water partition coefficient (Wildman–Crippen LogP) is 5.18. The standard InChI is InChI=1S/C26H28ClNO5/c1-32-23-10-9-17(14-20(23)27)11-12-26(18-6-2-3-7-18)16-22(30)24(25(31)33-26)21(29)15-19-8-4-5-13-28-19/h4-5,8-10,13-14,18,30H,2-3,6-7,11-12,15-16H2,1H3. The van der Waals surface area contributed by atoms with Gasteiger partial charge in [0.05, 0.1) is 18.6 Å². The molecule has 1 aliphatic carbocycles. The number of methoxy groups -OCH3 is 1. The molecule has 1 aliphatic heterocycles. The summed E-state index contributed by atoms with van der Waals surface area (Å²) >= 11 is 6.28. The summed E-state index contributed by atoms with van der Waals surface area (Å²) in [7, 11) is 1.57. The monoisotopic (exact) mass is 469 g/mol. The number of hydrogen-bond donors (Lipinski definition) is 1. The normalized spacial score (nSPS) is 21.2. The van der Waals surface area contributed by atoms with Crippen molar-refractivity contribution in [1.82, 2.24) is 4.98 Å². The number of nitrogens with zero attached hydrogens (tertiary/aromatic N) is 1. The number of aliphatic hydroxyl groups is 1. The Kier molecular flexibility index (Phi) is 7.03. The highest BCUT2D eigenvalue weighted by atomic mass is 35.5. The van der Waals surface area contributed by atoms with E-state index in [1.165, 1.54) is 0 Å². The topological polar surface area (TPSA) is 85.7 Å². The molecule has 0 saturated heterocycles. The first-order chi connectivity index (χ1) is 15.9. The summed E-state index contributed by atoms with van der Waals surface area (Å²) in [6.45, 7) is 0. The van der Waals surface area contributed by atoms with E-state index in [0.29, 0.717) is 29.3 Å². The van der Waals surface area contributed by atoms with Crippen molar-refractivity contribution < 1.29 is 24.2 Å². The number of Topliss-reactive ketones (excluding diaryl/α,β-unsaturated/α-hetero) is 1. The molecule has 0 bridgehead atoms. The summed E-state index contributed by atoms with van der Waals surface area (Å²) in [6, 6.07) is 10.9. The Morgan fingerprint density at radius 3 is 2.70 bits per heavy atom. The third kappa shape index (κ3) is 5.06. The molecule has 1 N–H and O–H groups in total. The van der Waals surface area contributed by atoms with Gasteiger partial charge in [-0.25, -0.2) is 4.79 Å². The van der Waals surface area contributed by atoms with Crippen LogP contribution in [0.3, 0.4) is 0 Å². The number of carbonyl (C=O) groups excluding carboxylic acids is 2. The number of benzene rings is 1. The molecule has 7 heteroatoms. The first kappa shape index (κ1) is 23.3. The molecule has 1 aromatic heterocycles. The van der Waals surface area contributed by atoms with Crippen molar-refractivity contribution in [2.45, 2.75) is 57.0 Å². The zero-order chi connectivity index (χ0) is 23.4. The molecule has 0 radical (unpaired) electrons. The Morgan fingerprint density at radius 1 is 1.27 bits per heavy atom. The van der Waals surface area contributed by atoms with Gasteiger partial charge in [0.25, 0.3) is 0 Å². The van der Waals surface area contributed by atoms with Crippen molar-refractivity contribution in [3.8, 4) is 5.75 Å². The summed E-state index contributed by atoms with van der Waals surface area (Å²) in [4.78, 5) is 30.0. The number of halogens is 1. The average Bonchev–Trinajstić information content (AvgIpc) is 3.34. The number of ketones is 1. The van der Waals surface area contributed by atoms with Crippen LogP contribution in [-0.4, -0.2) is 34.6 Å². The number of pyridine rings is 1. The van der Waals surface area contributed by atoms with Gasteiger partial charge >= 0.3 is 5.97 Å². The third-order valence-corrected chi connectivity index (χ3v) is 7.05. The van der Waals surface area contributed by atoms with Gasteiger partial charge in [-0.3, -0.25) is 9.78 Å². The number of aromatic nitrogens is 1. The number of rotatable bonds is 8. The molecule has 1 unspecified atom stereocenters. The number of hydrogen-bond acceptors (Lipinski definition) is 6. The fraction of sp³-hybridized carbons (Fsp3) is 0.423. The van der Waals surface area contributed by atoms with Crippen molar-refractivity contribution in [2.24, 2.45) is 5.92 Å². The van der Waals surface area contributed by atoms with Crippen LogP contribution in [0.4, 0.5) is 0 Å². The van der Waals surface area contributed by atoms with E-state index in [0.717, 1.165) is 31.2 Å². The predicted molar refractivity (Wildman–Crippen MR) is 124 cm³/mol. The van der Waals surface area contributed by atoms with Crippen molar-refractivity contribution in [2.75, 3.05) is 7.11 Å². The van der Waals surface area contributed by atoms with Crippen LogP contribution in [0.1, 0.15) is 49.8 Å². The SMILES string of the molecule is COc1ccc(CCC2(C3CCCC3)CC(O)=C(C(=O)Cc3ccccn3)C(=O)O2)cc1Cl. The van der Waals surface area contributed by atoms with Crippen LogP contribution in [0.25, 0.3) is 0 Å². The largest absolute Gasteiger partial charge is 0.511 e. The highest BCUT2D eigenvalue weighted by molar-refractivity contribution is 6.32. The zero-order valence-electron chi connectivity index (χ0n) is 18.7. The molecular formula is C26H28ClNO5. The summed E-state index contributed by atoms with van der Waals surface area (Å²) in [6.07, 6.45) is 6.83. The van der Waals surface area contributed by atoms with E-state index in [9.17, 15) is 14.7 Å². The molecule has 2 aromatic rings. The van der Waals surface area contributed by atoms with Crippen LogP contribution < -0.4 is 4.74 Å². The van der Waals surface area contributed by atoms with Crippen molar-refractivity contribution in [1.29, 1.82) is 0 Å². The van der Waals surface area contributed by atoms with Crippen LogP contribution in [-0.2, 0) is 27.2 Å². The zero-order valence-corrected chi connectivity index (χ0v) is 19.4. The van der Waals surface area contributed by atoms with Crippen LogP contribution in [0.2, 0.25) is 5.02 Å². The molecule has 33 heavy (non-hydrogen) atoms. The first-order valence-electron chi connectivity index (χ1n) is 11.3. The van der Waals surface area contributed by atoms with Gasteiger partial charge < -0.3 is 14.6 Å². The maximum Gasteiger partial charge on any atom is 0.345 e. The maximum absolute atomic E-state index is 13.0. The smallest absolute Gasteiger partial charge is 0.345 e. The quantitative estimate of drug-likeness (QED) is 0.423. The fourth-order valence-electron chi connectivity index (χ4n) is 5.04. The Morgan fingerprint density at radius 2 is 2.06 bits per heavy atom. The lowest BCUT2D eigenvalue weighted by atomic mass is 9.76. The van der Waals surface area contributed by atoms with Gasteiger partial charge in [0.1, 0.15) is 22.7 Å². The van der Waals surface area contributed by atoms with E-state index < -0.39 is 17.4 Å². The molecule has 2 heterocycles. The second-order valence-electron chi connectivity index (χ2n) is 8.82. The van der Waals surface area contributed by atoms with Gasteiger partial charge in [0, 0.05) is 18.3 Å². The lowest BCUT2D eigenvalue weighted by molar-refractivity contribution is -0.168. The van der Waals surface area contributed by atoms with Crippen LogP contribution >= 0.6 is 11.6 Å². The Labute approximate surface area is 198 Å². The van der Waals surface area contributed by atoms with Crippen molar-refractivity contribution in [3.05, 3.63) is 70.2 Å². The number of aliphatic hydroxyl groups excluding tert-OH is 1. The van der Waals surface area contributed by atoms with E-state index >= 15 is 0 Å². The maximum atomic E-state index is 13.0. The number of carbonyl (C=O) groups is 2. The van der Waals surface area contributed by atoms with E-state index in [1.807, 2.05) is 18.2 Å². The summed E-state index contributed by atoms with van der Waals surface area (Å²) in [5, 5.41) is 11.4. The minimum atomic E-state index is -0.834. The summed E-state index contributed by atoms with van der Waals surface area (Å²) in [5.74, 6) is -0.638. The number of cyclic esters (lactones) is 1. The average molecular weight is 470 g/mol. The molecule has 2 aliphatic rings. The van der Waals surface area contributed by atoms with Gasteiger partial charge in [-0.05, 0) is 61.4 Å². The molecule has 1 aromatic carbocycles. The highest BCUT2D eigenvalue weighted by Gasteiger charge is 2.49. The van der Waals surface area contributed by atoms with E-state index in [-0.39, 0.29) is 30.1 Å². The summed E-state index contributed by atoms with van der Waals surface area (Å²) in [5.41, 5.74) is 0.454. The van der Waals surface area contributed by atoms with Gasteiger partial charge in [0.15, 0.2) is 5.78 Å². The second kappa shape index (κ2) is 9.96. The Bertz CT molecular complexity index is 1060. The molecule has 174 valence electrons. The molecule has 1 fully saturated rings. The van der Waals surface area contributed by atoms with Gasteiger partial charge in [-0.1, -0.05) is 36.6 Å².